The van der Waals surface area contributed by atoms with Crippen LogP contribution in [0.2, 0.25) is 0 Å². The van der Waals surface area contributed by atoms with Gasteiger partial charge < -0.3 is 0 Å². The predicted molar refractivity (Wildman–Crippen MR) is 90.3 cm³/mol. The Bertz CT molecular complexity index is 723. The number of fused-ring (bicyclic) bond motifs is 2. The van der Waals surface area contributed by atoms with Crippen molar-refractivity contribution in [2.75, 3.05) is 0 Å². The van der Waals surface area contributed by atoms with Gasteiger partial charge in [-0.05, 0) is 45.0 Å². The number of rotatable bonds is 3. The van der Waals surface area contributed by atoms with Crippen LogP contribution in [-0.4, -0.2) is 0 Å². The Balaban J connectivity index is 2.59. The van der Waals surface area contributed by atoms with Gasteiger partial charge in [0, 0.05) is 0 Å². The maximum atomic E-state index is 4.03. The summed E-state index contributed by atoms with van der Waals surface area (Å²) in [6, 6.07) is 17.4. The smallest absolute Gasteiger partial charge is 0.0102 e. The van der Waals surface area contributed by atoms with Crippen molar-refractivity contribution in [3.8, 4) is 0 Å². The highest BCUT2D eigenvalue weighted by Gasteiger charge is 2.15. The third-order valence-electron chi connectivity index (χ3n) is 4.32. The van der Waals surface area contributed by atoms with Gasteiger partial charge in [-0.2, -0.15) is 0 Å². The molecule has 0 saturated heterocycles. The molecule has 0 fully saturated rings. The highest BCUT2D eigenvalue weighted by Crippen LogP contribution is 2.38. The molecule has 20 heavy (non-hydrogen) atoms. The van der Waals surface area contributed by atoms with Crippen LogP contribution in [0.15, 0.2) is 55.1 Å². The van der Waals surface area contributed by atoms with Crippen LogP contribution in [0.3, 0.4) is 0 Å². The summed E-state index contributed by atoms with van der Waals surface area (Å²) >= 11 is 0. The van der Waals surface area contributed by atoms with Gasteiger partial charge in [0.15, 0.2) is 0 Å². The van der Waals surface area contributed by atoms with Crippen LogP contribution in [0.4, 0.5) is 0 Å². The first-order chi connectivity index (χ1) is 9.77. The molecule has 1 atom stereocenters. The second kappa shape index (κ2) is 5.13. The molecule has 0 N–H and O–H groups in total. The molecule has 0 heterocycles. The molecule has 0 radical (unpaired) electrons. The third kappa shape index (κ3) is 1.84. The fraction of sp³-hybridized carbons (Fsp3) is 0.200. The molecule has 0 heteroatoms. The van der Waals surface area contributed by atoms with E-state index in [1.807, 2.05) is 6.08 Å². The van der Waals surface area contributed by atoms with E-state index in [1.165, 1.54) is 32.7 Å². The zero-order valence-corrected chi connectivity index (χ0v) is 12.2. The van der Waals surface area contributed by atoms with Gasteiger partial charge in [-0.15, -0.1) is 0 Å². The van der Waals surface area contributed by atoms with E-state index in [-0.39, 0.29) is 0 Å². The molecular weight excluding hydrogens is 240 g/mol. The molecule has 0 amide bonds. The van der Waals surface area contributed by atoms with Crippen molar-refractivity contribution in [2.45, 2.75) is 26.2 Å². The minimum atomic E-state index is 0.559. The van der Waals surface area contributed by atoms with E-state index < -0.39 is 0 Å². The molecule has 3 rings (SSSR count). The van der Waals surface area contributed by atoms with Crippen molar-refractivity contribution in [3.63, 3.8) is 0 Å². The quantitative estimate of drug-likeness (QED) is 0.495. The molecule has 0 aliphatic carbocycles. The Hall–Kier alpha value is -2.08. The fourth-order valence-electron chi connectivity index (χ4n) is 3.15. The summed E-state index contributed by atoms with van der Waals surface area (Å²) in [7, 11) is 0. The van der Waals surface area contributed by atoms with Gasteiger partial charge in [0.05, 0.1) is 0 Å². The van der Waals surface area contributed by atoms with E-state index in [1.54, 1.807) is 0 Å². The standard InChI is InChI=1S/C20H20/c1-4-14(3)20-18-12-8-6-10-16(18)15(5-2)17-11-7-9-13-19(17)20/h5-14H,2,4H2,1,3H3. The average molecular weight is 260 g/mol. The molecule has 3 aromatic rings. The Morgan fingerprint density at radius 3 is 1.75 bits per heavy atom. The monoisotopic (exact) mass is 260 g/mol. The van der Waals surface area contributed by atoms with E-state index in [0.29, 0.717) is 5.92 Å². The van der Waals surface area contributed by atoms with E-state index in [4.69, 9.17) is 0 Å². The van der Waals surface area contributed by atoms with E-state index in [0.717, 1.165) is 6.42 Å². The Morgan fingerprint density at radius 1 is 0.900 bits per heavy atom. The number of hydrogen-bond donors (Lipinski definition) is 0. The van der Waals surface area contributed by atoms with E-state index >= 15 is 0 Å². The van der Waals surface area contributed by atoms with Crippen molar-refractivity contribution < 1.29 is 0 Å². The first-order valence-corrected chi connectivity index (χ1v) is 7.33. The summed E-state index contributed by atoms with van der Waals surface area (Å²) in [5.41, 5.74) is 2.73. The zero-order chi connectivity index (χ0) is 14.1. The van der Waals surface area contributed by atoms with Crippen LogP contribution in [0.5, 0.6) is 0 Å². The first kappa shape index (κ1) is 12.9. The third-order valence-corrected chi connectivity index (χ3v) is 4.32. The molecular formula is C20H20. The summed E-state index contributed by atoms with van der Waals surface area (Å²) in [6.45, 7) is 8.61. The molecule has 0 bridgehead atoms. The predicted octanol–water partition coefficient (Wildman–Crippen LogP) is 6.15. The molecule has 3 aromatic carbocycles. The van der Waals surface area contributed by atoms with Crippen LogP contribution < -0.4 is 0 Å². The molecule has 100 valence electrons. The Kier molecular flexibility index (Phi) is 3.31. The van der Waals surface area contributed by atoms with E-state index in [2.05, 4.69) is 69.0 Å². The second-order valence-electron chi connectivity index (χ2n) is 5.43. The summed E-state index contributed by atoms with van der Waals surface area (Å²) in [5.74, 6) is 0.559. The lowest BCUT2D eigenvalue weighted by Gasteiger charge is -2.19. The molecule has 0 aliphatic heterocycles. The fourth-order valence-corrected chi connectivity index (χ4v) is 3.15. The molecule has 0 saturated carbocycles. The van der Waals surface area contributed by atoms with E-state index in [9.17, 15) is 0 Å². The molecule has 0 spiro atoms. The van der Waals surface area contributed by atoms with Gasteiger partial charge in [0.2, 0.25) is 0 Å². The maximum absolute atomic E-state index is 4.03. The lowest BCUT2D eigenvalue weighted by atomic mass is 9.85. The first-order valence-electron chi connectivity index (χ1n) is 7.33. The van der Waals surface area contributed by atoms with Crippen LogP contribution in [0.1, 0.15) is 37.3 Å². The molecule has 1 unspecified atom stereocenters. The summed E-state index contributed by atoms with van der Waals surface area (Å²) in [5, 5.41) is 5.37. The SMILES string of the molecule is C=Cc1c2ccccc2c(C(C)CC)c2ccccc12. The van der Waals surface area contributed by atoms with Crippen molar-refractivity contribution in [1.29, 1.82) is 0 Å². The van der Waals surface area contributed by atoms with Gasteiger partial charge >= 0.3 is 0 Å². The summed E-state index contributed by atoms with van der Waals surface area (Å²) in [4.78, 5) is 0. The van der Waals surface area contributed by atoms with Crippen LogP contribution >= 0.6 is 0 Å². The van der Waals surface area contributed by atoms with Crippen molar-refractivity contribution in [3.05, 3.63) is 66.2 Å². The van der Waals surface area contributed by atoms with Crippen LogP contribution in [0.25, 0.3) is 27.6 Å². The van der Waals surface area contributed by atoms with Crippen LogP contribution in [0, 0.1) is 0 Å². The number of hydrogen-bond acceptors (Lipinski definition) is 0. The van der Waals surface area contributed by atoms with Crippen molar-refractivity contribution in [2.24, 2.45) is 0 Å². The minimum Gasteiger partial charge on any atom is -0.0984 e. The van der Waals surface area contributed by atoms with Gasteiger partial charge in [-0.1, -0.05) is 75.0 Å². The topological polar surface area (TPSA) is 0 Å². The summed E-state index contributed by atoms with van der Waals surface area (Å²) in [6.07, 6.45) is 3.15. The Morgan fingerprint density at radius 2 is 1.35 bits per heavy atom. The van der Waals surface area contributed by atoms with Gasteiger partial charge in [0.1, 0.15) is 0 Å². The lowest BCUT2D eigenvalue weighted by molar-refractivity contribution is 0.745. The number of benzene rings is 3. The normalized spacial score (nSPS) is 12.7. The molecule has 0 aromatic heterocycles. The zero-order valence-electron chi connectivity index (χ0n) is 12.2. The molecule has 0 nitrogen and oxygen atoms in total. The van der Waals surface area contributed by atoms with Crippen molar-refractivity contribution in [1.82, 2.24) is 0 Å². The largest absolute Gasteiger partial charge is 0.0984 e. The highest BCUT2D eigenvalue weighted by molar-refractivity contribution is 6.09. The average Bonchev–Trinajstić information content (AvgIpc) is 2.51. The highest BCUT2D eigenvalue weighted by atomic mass is 14.2. The summed E-state index contributed by atoms with van der Waals surface area (Å²) < 4.78 is 0. The Labute approximate surface area is 120 Å². The van der Waals surface area contributed by atoms with Gasteiger partial charge in [-0.25, -0.2) is 0 Å². The van der Waals surface area contributed by atoms with Crippen molar-refractivity contribution >= 4 is 27.6 Å². The van der Waals surface area contributed by atoms with Gasteiger partial charge in [-0.3, -0.25) is 0 Å². The van der Waals surface area contributed by atoms with Crippen LogP contribution in [-0.2, 0) is 0 Å². The molecule has 0 aliphatic rings. The maximum Gasteiger partial charge on any atom is -0.0102 e. The lowest BCUT2D eigenvalue weighted by Crippen LogP contribution is -1.97. The second-order valence-corrected chi connectivity index (χ2v) is 5.43. The minimum absolute atomic E-state index is 0.559. The van der Waals surface area contributed by atoms with Gasteiger partial charge in [0.25, 0.3) is 0 Å².